The van der Waals surface area contributed by atoms with Crippen molar-refractivity contribution < 1.29 is 4.74 Å². The van der Waals surface area contributed by atoms with Crippen molar-refractivity contribution in [3.05, 3.63) is 71.2 Å². The number of hydrogen-bond acceptors (Lipinski definition) is 7. The Balaban J connectivity index is 1.45. The van der Waals surface area contributed by atoms with Crippen molar-refractivity contribution in [1.82, 2.24) is 25.0 Å². The summed E-state index contributed by atoms with van der Waals surface area (Å²) in [6.45, 7) is 2.77. The first-order chi connectivity index (χ1) is 15.2. The minimum absolute atomic E-state index is 0.599. The zero-order chi connectivity index (χ0) is 21.6. The standard InChI is InChI=1S/C22H21ClN6OS/c1-3-29-21(27-28-22(29)31-14-16-6-4-5-7-18(16)23)24-20-13-12-19(25-26-20)15-8-10-17(30-2)11-9-15/h4-13H,3,14H2,1-2H3,(H,24,26,27). The molecule has 4 rings (SSSR count). The number of anilines is 2. The Morgan fingerprint density at radius 3 is 2.45 bits per heavy atom. The van der Waals surface area contributed by atoms with E-state index >= 15 is 0 Å². The first-order valence-electron chi connectivity index (χ1n) is 9.72. The van der Waals surface area contributed by atoms with E-state index in [4.69, 9.17) is 16.3 Å². The highest BCUT2D eigenvalue weighted by molar-refractivity contribution is 7.98. The van der Waals surface area contributed by atoms with Crippen LogP contribution < -0.4 is 10.1 Å². The predicted molar refractivity (Wildman–Crippen MR) is 124 cm³/mol. The molecular formula is C22H21ClN6OS. The Morgan fingerprint density at radius 2 is 1.77 bits per heavy atom. The Kier molecular flexibility index (Phi) is 6.69. The molecule has 2 aromatic heterocycles. The van der Waals surface area contributed by atoms with Gasteiger partial charge in [-0.25, -0.2) is 0 Å². The van der Waals surface area contributed by atoms with E-state index in [9.17, 15) is 0 Å². The molecule has 2 aromatic carbocycles. The van der Waals surface area contributed by atoms with Crippen LogP contribution in [0.5, 0.6) is 5.75 Å². The molecule has 0 saturated heterocycles. The van der Waals surface area contributed by atoms with Crippen LogP contribution in [0, 0.1) is 0 Å². The molecule has 0 fully saturated rings. The average molecular weight is 453 g/mol. The van der Waals surface area contributed by atoms with E-state index in [1.165, 1.54) is 0 Å². The lowest BCUT2D eigenvalue weighted by atomic mass is 10.1. The molecule has 0 unspecified atom stereocenters. The van der Waals surface area contributed by atoms with Gasteiger partial charge in [-0.2, -0.15) is 0 Å². The molecule has 0 saturated carbocycles. The Hall–Kier alpha value is -3.10. The summed E-state index contributed by atoms with van der Waals surface area (Å²) in [5.74, 6) is 2.74. The maximum Gasteiger partial charge on any atom is 0.230 e. The van der Waals surface area contributed by atoms with Gasteiger partial charge in [0.05, 0.1) is 12.8 Å². The second kappa shape index (κ2) is 9.80. The van der Waals surface area contributed by atoms with Crippen LogP contribution >= 0.6 is 23.4 Å². The van der Waals surface area contributed by atoms with Crippen molar-refractivity contribution in [2.75, 3.05) is 12.4 Å². The van der Waals surface area contributed by atoms with Crippen molar-refractivity contribution in [2.45, 2.75) is 24.4 Å². The lowest BCUT2D eigenvalue weighted by Crippen LogP contribution is -2.05. The molecule has 0 radical (unpaired) electrons. The summed E-state index contributed by atoms with van der Waals surface area (Å²) in [4.78, 5) is 0. The third-order valence-electron chi connectivity index (χ3n) is 4.64. The van der Waals surface area contributed by atoms with E-state index in [-0.39, 0.29) is 0 Å². The lowest BCUT2D eigenvalue weighted by Gasteiger charge is -2.09. The number of hydrogen-bond donors (Lipinski definition) is 1. The highest BCUT2D eigenvalue weighted by Crippen LogP contribution is 2.28. The van der Waals surface area contributed by atoms with Gasteiger partial charge >= 0.3 is 0 Å². The minimum Gasteiger partial charge on any atom is -0.497 e. The first-order valence-corrected chi connectivity index (χ1v) is 11.1. The van der Waals surface area contributed by atoms with Crippen LogP contribution in [-0.4, -0.2) is 32.1 Å². The van der Waals surface area contributed by atoms with Crippen LogP contribution in [0.15, 0.2) is 65.8 Å². The van der Waals surface area contributed by atoms with Crippen LogP contribution in [0.3, 0.4) is 0 Å². The molecule has 1 N–H and O–H groups in total. The molecule has 31 heavy (non-hydrogen) atoms. The van der Waals surface area contributed by atoms with Crippen molar-refractivity contribution in [3.63, 3.8) is 0 Å². The summed E-state index contributed by atoms with van der Waals surface area (Å²) in [6, 6.07) is 19.3. The highest BCUT2D eigenvalue weighted by atomic mass is 35.5. The summed E-state index contributed by atoms with van der Waals surface area (Å²) in [5, 5.41) is 22.0. The van der Waals surface area contributed by atoms with E-state index in [0.717, 1.165) is 39.3 Å². The van der Waals surface area contributed by atoms with E-state index in [2.05, 4.69) is 25.7 Å². The fourth-order valence-corrected chi connectivity index (χ4v) is 4.25. The molecule has 0 aliphatic rings. The normalized spacial score (nSPS) is 10.8. The maximum absolute atomic E-state index is 6.26. The largest absolute Gasteiger partial charge is 0.497 e. The van der Waals surface area contributed by atoms with Gasteiger partial charge < -0.3 is 10.1 Å². The first kappa shape index (κ1) is 21.1. The number of rotatable bonds is 8. The van der Waals surface area contributed by atoms with Crippen molar-refractivity contribution in [1.29, 1.82) is 0 Å². The summed E-state index contributed by atoms with van der Waals surface area (Å²) in [5.41, 5.74) is 2.81. The second-order valence-corrected chi connectivity index (χ2v) is 7.94. The summed E-state index contributed by atoms with van der Waals surface area (Å²) >= 11 is 7.85. The van der Waals surface area contributed by atoms with E-state index in [1.54, 1.807) is 18.9 Å². The zero-order valence-electron chi connectivity index (χ0n) is 17.1. The Bertz CT molecular complexity index is 1150. The molecule has 0 aliphatic heterocycles. The van der Waals surface area contributed by atoms with Gasteiger partial charge in [0.15, 0.2) is 11.0 Å². The summed E-state index contributed by atoms with van der Waals surface area (Å²) in [7, 11) is 1.64. The number of thioether (sulfide) groups is 1. The number of aromatic nitrogens is 5. The minimum atomic E-state index is 0.599. The highest BCUT2D eigenvalue weighted by Gasteiger charge is 2.13. The number of ether oxygens (including phenoxy) is 1. The van der Waals surface area contributed by atoms with Crippen molar-refractivity contribution >= 4 is 35.1 Å². The number of nitrogens with one attached hydrogen (secondary N) is 1. The lowest BCUT2D eigenvalue weighted by molar-refractivity contribution is 0.415. The quantitative estimate of drug-likeness (QED) is 0.356. The topological polar surface area (TPSA) is 77.8 Å². The number of methoxy groups -OCH3 is 1. The van der Waals surface area contributed by atoms with Crippen LogP contribution in [0.1, 0.15) is 12.5 Å². The molecule has 158 valence electrons. The van der Waals surface area contributed by atoms with Crippen LogP contribution in [-0.2, 0) is 12.3 Å². The van der Waals surface area contributed by atoms with E-state index < -0.39 is 0 Å². The molecule has 0 bridgehead atoms. The van der Waals surface area contributed by atoms with Crippen LogP contribution in [0.2, 0.25) is 5.02 Å². The molecule has 9 heteroatoms. The van der Waals surface area contributed by atoms with Crippen LogP contribution in [0.4, 0.5) is 11.8 Å². The Morgan fingerprint density at radius 1 is 0.968 bits per heavy atom. The Labute approximate surface area is 189 Å². The van der Waals surface area contributed by atoms with Crippen molar-refractivity contribution in [3.8, 4) is 17.0 Å². The molecule has 2 heterocycles. The monoisotopic (exact) mass is 452 g/mol. The van der Waals surface area contributed by atoms with Crippen molar-refractivity contribution in [2.24, 2.45) is 0 Å². The zero-order valence-corrected chi connectivity index (χ0v) is 18.7. The molecular weight excluding hydrogens is 432 g/mol. The molecule has 0 atom stereocenters. The fourth-order valence-electron chi connectivity index (χ4n) is 2.96. The van der Waals surface area contributed by atoms with Gasteiger partial charge in [0.1, 0.15) is 5.75 Å². The van der Waals surface area contributed by atoms with Gasteiger partial charge in [0.25, 0.3) is 0 Å². The molecule has 0 amide bonds. The smallest absolute Gasteiger partial charge is 0.230 e. The van der Waals surface area contributed by atoms with Gasteiger partial charge in [-0.15, -0.1) is 20.4 Å². The predicted octanol–water partition coefficient (Wildman–Crippen LogP) is 5.45. The summed E-state index contributed by atoms with van der Waals surface area (Å²) < 4.78 is 7.19. The maximum atomic E-state index is 6.26. The van der Waals surface area contributed by atoms with E-state index in [1.807, 2.05) is 72.2 Å². The molecule has 0 spiro atoms. The number of halogens is 1. The van der Waals surface area contributed by atoms with Gasteiger partial charge in [-0.3, -0.25) is 4.57 Å². The number of nitrogens with zero attached hydrogens (tertiary/aromatic N) is 5. The molecule has 4 aromatic rings. The van der Waals surface area contributed by atoms with Crippen LogP contribution in [0.25, 0.3) is 11.3 Å². The molecule has 7 nitrogen and oxygen atoms in total. The average Bonchev–Trinajstić information content (AvgIpc) is 3.20. The molecule has 0 aliphatic carbocycles. The van der Waals surface area contributed by atoms with E-state index in [0.29, 0.717) is 17.5 Å². The fraction of sp³-hybridized carbons (Fsp3) is 0.182. The second-order valence-electron chi connectivity index (χ2n) is 6.59. The van der Waals surface area contributed by atoms with Gasteiger partial charge in [0, 0.05) is 22.9 Å². The third kappa shape index (κ3) is 4.98. The van der Waals surface area contributed by atoms with Gasteiger partial charge in [-0.05, 0) is 55.0 Å². The summed E-state index contributed by atoms with van der Waals surface area (Å²) in [6.07, 6.45) is 0. The SMILES string of the molecule is CCn1c(Nc2ccc(-c3ccc(OC)cc3)nn2)nnc1SCc1ccccc1Cl. The third-order valence-corrected chi connectivity index (χ3v) is 6.02. The number of benzene rings is 2. The van der Waals surface area contributed by atoms with Gasteiger partial charge in [0.2, 0.25) is 5.95 Å². The van der Waals surface area contributed by atoms with Gasteiger partial charge in [-0.1, -0.05) is 41.6 Å².